The van der Waals surface area contributed by atoms with Gasteiger partial charge in [0, 0.05) is 0 Å². The average molecular weight is 561 g/mol. The van der Waals surface area contributed by atoms with Gasteiger partial charge in [-0.15, -0.1) is 0 Å². The van der Waals surface area contributed by atoms with Gasteiger partial charge in [-0.2, -0.15) is 8.78 Å². The highest BCUT2D eigenvalue weighted by molar-refractivity contribution is 5.31. The number of benzene rings is 2. The molecule has 0 spiro atoms. The van der Waals surface area contributed by atoms with Crippen molar-refractivity contribution in [1.29, 1.82) is 0 Å². The first-order valence-corrected chi connectivity index (χ1v) is 15.9. The van der Waals surface area contributed by atoms with Crippen molar-refractivity contribution in [3.63, 3.8) is 0 Å². The van der Waals surface area contributed by atoms with E-state index in [0.717, 1.165) is 43.2 Å². The maximum atomic E-state index is 15.0. The molecule has 0 amide bonds. The van der Waals surface area contributed by atoms with E-state index in [-0.39, 0.29) is 24.5 Å². The standard InChI is InChI=1S/C35H48F4O/c1-3-5-6-8-26-13-19-30(20-14-26)31-21-22-32(34(37)33(31)36)35(38,39)40-24-23-27-11-17-29(18-12-27)28-15-9-25(7-4-2)10-16-28/h11-12,17-18,21-22,25-26,28,30H,3-10,13-16,19-20,23-24H2,1-2H3. The minimum Gasteiger partial charge on any atom is -0.316 e. The molecule has 0 bridgehead atoms. The monoisotopic (exact) mass is 560 g/mol. The summed E-state index contributed by atoms with van der Waals surface area (Å²) >= 11 is 0. The maximum Gasteiger partial charge on any atom is 0.386 e. The predicted octanol–water partition coefficient (Wildman–Crippen LogP) is 11.2. The molecule has 2 aromatic rings. The molecular weight excluding hydrogens is 512 g/mol. The molecule has 2 aliphatic carbocycles. The first-order valence-electron chi connectivity index (χ1n) is 15.9. The van der Waals surface area contributed by atoms with Gasteiger partial charge in [-0.25, -0.2) is 8.78 Å². The molecule has 2 fully saturated rings. The molecule has 0 saturated heterocycles. The van der Waals surface area contributed by atoms with Gasteiger partial charge in [0.25, 0.3) is 0 Å². The van der Waals surface area contributed by atoms with Gasteiger partial charge in [0.2, 0.25) is 0 Å². The molecule has 4 rings (SSSR count). The summed E-state index contributed by atoms with van der Waals surface area (Å²) in [5.74, 6) is -0.678. The number of rotatable bonds is 13. The lowest BCUT2D eigenvalue weighted by Gasteiger charge is -2.29. The van der Waals surface area contributed by atoms with Crippen LogP contribution in [0.5, 0.6) is 0 Å². The molecule has 2 saturated carbocycles. The van der Waals surface area contributed by atoms with Crippen LogP contribution in [0.3, 0.4) is 0 Å². The Morgan fingerprint density at radius 3 is 1.95 bits per heavy atom. The van der Waals surface area contributed by atoms with Crippen LogP contribution in [0.4, 0.5) is 17.6 Å². The summed E-state index contributed by atoms with van der Waals surface area (Å²) in [5.41, 5.74) is 1.41. The Bertz CT molecular complexity index is 1030. The number of hydrogen-bond acceptors (Lipinski definition) is 1. The summed E-state index contributed by atoms with van der Waals surface area (Å²) in [5, 5.41) is 0. The highest BCUT2D eigenvalue weighted by atomic mass is 19.3. The topological polar surface area (TPSA) is 9.23 Å². The Morgan fingerprint density at radius 2 is 1.32 bits per heavy atom. The quantitative estimate of drug-likeness (QED) is 0.175. The fourth-order valence-electron chi connectivity index (χ4n) is 7.07. The van der Waals surface area contributed by atoms with Crippen LogP contribution < -0.4 is 0 Å². The van der Waals surface area contributed by atoms with E-state index in [1.165, 1.54) is 75.8 Å². The molecule has 2 aromatic carbocycles. The van der Waals surface area contributed by atoms with Crippen LogP contribution >= 0.6 is 0 Å². The predicted molar refractivity (Wildman–Crippen MR) is 155 cm³/mol. The lowest BCUT2D eigenvalue weighted by atomic mass is 9.76. The zero-order valence-electron chi connectivity index (χ0n) is 24.5. The Morgan fingerprint density at radius 1 is 0.700 bits per heavy atom. The van der Waals surface area contributed by atoms with Crippen molar-refractivity contribution in [2.24, 2.45) is 11.8 Å². The van der Waals surface area contributed by atoms with Crippen LogP contribution in [-0.4, -0.2) is 6.61 Å². The van der Waals surface area contributed by atoms with Crippen molar-refractivity contribution < 1.29 is 22.3 Å². The summed E-state index contributed by atoms with van der Waals surface area (Å²) in [7, 11) is 0. The highest BCUT2D eigenvalue weighted by Gasteiger charge is 2.38. The largest absolute Gasteiger partial charge is 0.386 e. The van der Waals surface area contributed by atoms with Gasteiger partial charge >= 0.3 is 6.11 Å². The van der Waals surface area contributed by atoms with Gasteiger partial charge in [-0.3, -0.25) is 0 Å². The summed E-state index contributed by atoms with van der Waals surface area (Å²) in [6.07, 6.45) is 12.3. The molecule has 2 aliphatic rings. The van der Waals surface area contributed by atoms with Gasteiger partial charge in [0.1, 0.15) is 0 Å². The maximum absolute atomic E-state index is 15.0. The molecular formula is C35H48F4O. The first kappa shape index (κ1) is 31.1. The van der Waals surface area contributed by atoms with Gasteiger partial charge in [0.15, 0.2) is 11.6 Å². The number of halogens is 4. The Kier molecular flexibility index (Phi) is 11.5. The molecule has 5 heteroatoms. The van der Waals surface area contributed by atoms with E-state index in [9.17, 15) is 17.6 Å². The second kappa shape index (κ2) is 14.8. The zero-order chi connectivity index (χ0) is 28.5. The summed E-state index contributed by atoms with van der Waals surface area (Å²) in [4.78, 5) is 0. The third kappa shape index (κ3) is 8.11. The second-order valence-electron chi connectivity index (χ2n) is 12.4. The lowest BCUT2D eigenvalue weighted by Crippen LogP contribution is -2.23. The van der Waals surface area contributed by atoms with Crippen LogP contribution in [-0.2, 0) is 17.3 Å². The normalized spacial score (nSPS) is 23.9. The summed E-state index contributed by atoms with van der Waals surface area (Å²) < 4.78 is 64.4. The number of hydrogen-bond donors (Lipinski definition) is 0. The first-order chi connectivity index (χ1) is 19.3. The molecule has 0 heterocycles. The third-order valence-corrected chi connectivity index (χ3v) is 9.60. The van der Waals surface area contributed by atoms with E-state index in [0.29, 0.717) is 11.8 Å². The van der Waals surface area contributed by atoms with Crippen LogP contribution in [0.1, 0.15) is 138 Å². The van der Waals surface area contributed by atoms with Crippen molar-refractivity contribution in [2.75, 3.05) is 6.61 Å². The summed E-state index contributed by atoms with van der Waals surface area (Å²) in [6, 6.07) is 10.5. The van der Waals surface area contributed by atoms with Gasteiger partial charge in [0.05, 0.1) is 12.2 Å². The highest BCUT2D eigenvalue weighted by Crippen LogP contribution is 2.41. The molecule has 1 nitrogen and oxygen atoms in total. The van der Waals surface area contributed by atoms with E-state index in [4.69, 9.17) is 4.74 Å². The number of alkyl halides is 2. The smallest absolute Gasteiger partial charge is 0.316 e. The van der Waals surface area contributed by atoms with Crippen LogP contribution in [0.2, 0.25) is 0 Å². The molecule has 0 aliphatic heterocycles. The van der Waals surface area contributed by atoms with E-state index in [2.05, 4.69) is 26.0 Å². The SMILES string of the molecule is CCCCCC1CCC(c2ccc(C(F)(F)OCCc3ccc(C4CCC(CCC)CC4)cc3)c(F)c2F)CC1. The van der Waals surface area contributed by atoms with Gasteiger partial charge < -0.3 is 4.74 Å². The van der Waals surface area contributed by atoms with E-state index < -0.39 is 23.3 Å². The molecule has 0 N–H and O–H groups in total. The average Bonchev–Trinajstić information content (AvgIpc) is 2.96. The van der Waals surface area contributed by atoms with E-state index in [1.54, 1.807) is 0 Å². The van der Waals surface area contributed by atoms with Crippen molar-refractivity contribution in [1.82, 2.24) is 0 Å². The zero-order valence-corrected chi connectivity index (χ0v) is 24.5. The van der Waals surface area contributed by atoms with Gasteiger partial charge in [-0.05, 0) is 104 Å². The van der Waals surface area contributed by atoms with Crippen molar-refractivity contribution >= 4 is 0 Å². The number of unbranched alkanes of at least 4 members (excludes halogenated alkanes) is 2. The molecule has 0 aromatic heterocycles. The van der Waals surface area contributed by atoms with Crippen molar-refractivity contribution in [3.05, 3.63) is 70.3 Å². The minimum absolute atomic E-state index is 0.116. The Labute approximate surface area is 239 Å². The van der Waals surface area contributed by atoms with E-state index >= 15 is 0 Å². The minimum atomic E-state index is -3.89. The van der Waals surface area contributed by atoms with Crippen molar-refractivity contribution in [2.45, 2.75) is 128 Å². The van der Waals surface area contributed by atoms with E-state index in [1.807, 2.05) is 12.1 Å². The van der Waals surface area contributed by atoms with Crippen LogP contribution in [0, 0.1) is 23.5 Å². The Balaban J connectivity index is 1.27. The fourth-order valence-corrected chi connectivity index (χ4v) is 7.07. The van der Waals surface area contributed by atoms with Gasteiger partial charge in [-0.1, -0.05) is 82.7 Å². The Hall–Kier alpha value is -1.88. The molecule has 0 unspecified atom stereocenters. The fraction of sp³-hybridized carbons (Fsp3) is 0.657. The molecule has 40 heavy (non-hydrogen) atoms. The third-order valence-electron chi connectivity index (χ3n) is 9.60. The molecule has 222 valence electrons. The second-order valence-corrected chi connectivity index (χ2v) is 12.4. The number of ether oxygens (including phenoxy) is 1. The molecule has 0 radical (unpaired) electrons. The van der Waals surface area contributed by atoms with Crippen LogP contribution in [0.15, 0.2) is 36.4 Å². The lowest BCUT2D eigenvalue weighted by molar-refractivity contribution is -0.249. The summed E-state index contributed by atoms with van der Waals surface area (Å²) in [6.45, 7) is 4.15. The molecule has 0 atom stereocenters. The van der Waals surface area contributed by atoms with Crippen molar-refractivity contribution in [3.8, 4) is 0 Å². The van der Waals surface area contributed by atoms with Crippen LogP contribution in [0.25, 0.3) is 0 Å².